The Morgan fingerprint density at radius 2 is 2.07 bits per heavy atom. The maximum Gasteiger partial charge on any atom is 0.264 e. The zero-order valence-electron chi connectivity index (χ0n) is 16.0. The predicted octanol–water partition coefficient (Wildman–Crippen LogP) is 2.68. The summed E-state index contributed by atoms with van der Waals surface area (Å²) >= 11 is 1.68. The number of hydrogen-bond acceptors (Lipinski definition) is 4. The van der Waals surface area contributed by atoms with Crippen LogP contribution in [0.5, 0.6) is 0 Å². The van der Waals surface area contributed by atoms with Crippen molar-refractivity contribution in [2.45, 2.75) is 65.6 Å². The van der Waals surface area contributed by atoms with E-state index in [1.807, 2.05) is 4.90 Å². The molecule has 2 aromatic rings. The molecule has 6 nitrogen and oxygen atoms in total. The van der Waals surface area contributed by atoms with Crippen LogP contribution in [0.4, 0.5) is 0 Å². The van der Waals surface area contributed by atoms with E-state index in [-0.39, 0.29) is 11.8 Å². The van der Waals surface area contributed by atoms with Gasteiger partial charge < -0.3 is 14.8 Å². The lowest BCUT2D eigenvalue weighted by Gasteiger charge is -2.27. The third-order valence-corrected chi connectivity index (χ3v) is 6.73. The van der Waals surface area contributed by atoms with E-state index >= 15 is 0 Å². The maximum absolute atomic E-state index is 13.1. The zero-order chi connectivity index (χ0) is 19.0. The van der Waals surface area contributed by atoms with Crippen molar-refractivity contribution < 1.29 is 9.59 Å². The maximum atomic E-state index is 13.1. The van der Waals surface area contributed by atoms with Crippen molar-refractivity contribution in [2.24, 2.45) is 0 Å². The normalized spacial score (nSPS) is 16.0. The van der Waals surface area contributed by atoms with Crippen molar-refractivity contribution in [1.82, 2.24) is 19.8 Å². The van der Waals surface area contributed by atoms with Crippen molar-refractivity contribution in [3.63, 3.8) is 0 Å². The van der Waals surface area contributed by atoms with Crippen molar-refractivity contribution in [3.05, 3.63) is 38.6 Å². The van der Waals surface area contributed by atoms with Gasteiger partial charge in [-0.05, 0) is 44.2 Å². The van der Waals surface area contributed by atoms with Gasteiger partial charge in [0.05, 0.1) is 29.4 Å². The zero-order valence-corrected chi connectivity index (χ0v) is 16.8. The van der Waals surface area contributed by atoms with Gasteiger partial charge in [0.1, 0.15) is 5.82 Å². The molecule has 0 spiro atoms. The summed E-state index contributed by atoms with van der Waals surface area (Å²) in [5, 5.41) is 2.83. The third kappa shape index (κ3) is 3.52. The lowest BCUT2D eigenvalue weighted by Crippen LogP contribution is -2.36. The third-order valence-electron chi connectivity index (χ3n) is 5.50. The summed E-state index contributed by atoms with van der Waals surface area (Å²) in [6.45, 7) is 6.11. The lowest BCUT2D eigenvalue weighted by molar-refractivity contribution is -0.119. The number of nitrogens with one attached hydrogen (secondary N) is 1. The molecule has 2 amide bonds. The first-order valence-corrected chi connectivity index (χ1v) is 10.6. The average Bonchev–Trinajstić information content (AvgIpc) is 3.25. The van der Waals surface area contributed by atoms with Crippen molar-refractivity contribution in [2.75, 3.05) is 6.54 Å². The number of hydrogen-bond donors (Lipinski definition) is 1. The van der Waals surface area contributed by atoms with Crippen molar-refractivity contribution in [1.29, 1.82) is 0 Å². The number of fused-ring (bicyclic) bond motifs is 2. The summed E-state index contributed by atoms with van der Waals surface area (Å²) in [5.41, 5.74) is 3.55. The molecular weight excluding hydrogens is 360 g/mol. The van der Waals surface area contributed by atoms with E-state index in [0.717, 1.165) is 47.9 Å². The molecule has 1 N–H and O–H groups in total. The van der Waals surface area contributed by atoms with Crippen LogP contribution >= 0.6 is 11.3 Å². The number of carbonyl (C=O) groups excluding carboxylic acids is 2. The number of rotatable bonds is 4. The van der Waals surface area contributed by atoms with Gasteiger partial charge in [0.2, 0.25) is 5.91 Å². The van der Waals surface area contributed by atoms with Gasteiger partial charge in [0.15, 0.2) is 0 Å². The second kappa shape index (κ2) is 7.46. The molecule has 1 aliphatic heterocycles. The molecule has 27 heavy (non-hydrogen) atoms. The Balaban J connectivity index is 1.54. The molecule has 0 saturated carbocycles. The largest absolute Gasteiger partial charge is 0.349 e. The molecule has 0 aromatic carbocycles. The summed E-state index contributed by atoms with van der Waals surface area (Å²) in [6, 6.07) is 2.12. The number of thiophene rings is 1. The second-order valence-electron chi connectivity index (χ2n) is 7.32. The van der Waals surface area contributed by atoms with Crippen LogP contribution in [0.25, 0.3) is 0 Å². The van der Waals surface area contributed by atoms with E-state index in [2.05, 4.69) is 22.9 Å². The Kier molecular flexibility index (Phi) is 5.04. The molecule has 0 fully saturated rings. The van der Waals surface area contributed by atoms with E-state index in [1.54, 1.807) is 11.3 Å². The number of nitrogens with zero attached hydrogens (tertiary/aromatic N) is 3. The number of carbonyl (C=O) groups is 2. The van der Waals surface area contributed by atoms with Crippen LogP contribution in [-0.4, -0.2) is 32.8 Å². The molecule has 3 heterocycles. The lowest BCUT2D eigenvalue weighted by atomic mass is 9.99. The highest BCUT2D eigenvalue weighted by molar-refractivity contribution is 7.14. The molecule has 1 aliphatic carbocycles. The molecule has 0 unspecified atom stereocenters. The van der Waals surface area contributed by atoms with Gasteiger partial charge in [-0.15, -0.1) is 11.3 Å². The number of aryl methyl sites for hydroxylation is 2. The number of aromatic nitrogens is 2. The number of imidazole rings is 1. The SMILES string of the molecule is CCn1c(CNC(C)=O)nc2c1CN(C(=O)c1cc3c(s1)CCCC3)CC2. The van der Waals surface area contributed by atoms with Crippen LogP contribution in [0.3, 0.4) is 0 Å². The van der Waals surface area contributed by atoms with Crippen LogP contribution in [0, 0.1) is 0 Å². The van der Waals surface area contributed by atoms with Gasteiger partial charge in [-0.25, -0.2) is 4.98 Å². The summed E-state index contributed by atoms with van der Waals surface area (Å²) < 4.78 is 2.14. The Bertz CT molecular complexity index is 859. The quantitative estimate of drug-likeness (QED) is 0.878. The predicted molar refractivity (Wildman–Crippen MR) is 105 cm³/mol. The summed E-state index contributed by atoms with van der Waals surface area (Å²) in [7, 11) is 0. The fraction of sp³-hybridized carbons (Fsp3) is 0.550. The van der Waals surface area contributed by atoms with Crippen LogP contribution in [0.1, 0.15) is 64.0 Å². The Morgan fingerprint density at radius 3 is 2.81 bits per heavy atom. The van der Waals surface area contributed by atoms with Gasteiger partial charge in [0.25, 0.3) is 5.91 Å². The van der Waals surface area contributed by atoms with E-state index in [1.165, 1.54) is 30.2 Å². The van der Waals surface area contributed by atoms with Crippen molar-refractivity contribution >= 4 is 23.2 Å². The highest BCUT2D eigenvalue weighted by Crippen LogP contribution is 2.31. The fourth-order valence-electron chi connectivity index (χ4n) is 4.11. The fourth-order valence-corrected chi connectivity index (χ4v) is 5.33. The molecule has 4 rings (SSSR count). The topological polar surface area (TPSA) is 67.2 Å². The highest BCUT2D eigenvalue weighted by Gasteiger charge is 2.28. The van der Waals surface area contributed by atoms with E-state index < -0.39 is 0 Å². The molecule has 0 radical (unpaired) electrons. The highest BCUT2D eigenvalue weighted by atomic mass is 32.1. The van der Waals surface area contributed by atoms with Gasteiger partial charge in [0, 0.05) is 31.3 Å². The Hall–Kier alpha value is -2.15. The minimum atomic E-state index is -0.0582. The second-order valence-corrected chi connectivity index (χ2v) is 8.46. The van der Waals surface area contributed by atoms with E-state index in [9.17, 15) is 9.59 Å². The molecule has 2 aromatic heterocycles. The van der Waals surface area contributed by atoms with Crippen LogP contribution in [-0.2, 0) is 43.7 Å². The molecule has 2 aliphatic rings. The first-order chi connectivity index (χ1) is 13.1. The van der Waals surface area contributed by atoms with Crippen molar-refractivity contribution in [3.8, 4) is 0 Å². The van der Waals surface area contributed by atoms with E-state index in [0.29, 0.717) is 19.6 Å². The minimum Gasteiger partial charge on any atom is -0.349 e. The van der Waals surface area contributed by atoms with Gasteiger partial charge in [-0.1, -0.05) is 0 Å². The van der Waals surface area contributed by atoms with Crippen LogP contribution < -0.4 is 5.32 Å². The molecule has 144 valence electrons. The molecular formula is C20H26N4O2S. The van der Waals surface area contributed by atoms with Crippen LogP contribution in [0.15, 0.2) is 6.07 Å². The van der Waals surface area contributed by atoms with Gasteiger partial charge in [-0.2, -0.15) is 0 Å². The van der Waals surface area contributed by atoms with E-state index in [4.69, 9.17) is 4.98 Å². The Labute approximate surface area is 163 Å². The molecule has 0 saturated heterocycles. The van der Waals surface area contributed by atoms with Crippen LogP contribution in [0.2, 0.25) is 0 Å². The Morgan fingerprint density at radius 1 is 1.26 bits per heavy atom. The molecule has 0 bridgehead atoms. The van der Waals surface area contributed by atoms with Gasteiger partial charge in [-0.3, -0.25) is 9.59 Å². The monoisotopic (exact) mass is 386 g/mol. The van der Waals surface area contributed by atoms with Gasteiger partial charge >= 0.3 is 0 Å². The molecule has 7 heteroatoms. The standard InChI is InChI=1S/C20H26N4O2S/c1-3-24-16-12-23(9-8-15(16)22-19(24)11-21-13(2)25)20(26)18-10-14-6-4-5-7-17(14)27-18/h10H,3-9,11-12H2,1-2H3,(H,21,25). The summed E-state index contributed by atoms with van der Waals surface area (Å²) in [6.07, 6.45) is 5.47. The average molecular weight is 387 g/mol. The summed E-state index contributed by atoms with van der Waals surface area (Å²) in [4.78, 5) is 33.3. The minimum absolute atomic E-state index is 0.0582. The molecule has 0 atom stereocenters. The smallest absolute Gasteiger partial charge is 0.264 e. The first-order valence-electron chi connectivity index (χ1n) is 9.79. The summed E-state index contributed by atoms with van der Waals surface area (Å²) in [5.74, 6) is 0.961. The first kappa shape index (κ1) is 18.2. The number of amides is 2.